The number of ether oxygens (including phenoxy) is 1. The van der Waals surface area contributed by atoms with Crippen molar-refractivity contribution in [1.29, 1.82) is 0 Å². The molecule has 1 amide bonds. The van der Waals surface area contributed by atoms with Crippen molar-refractivity contribution in [3.05, 3.63) is 29.8 Å². The normalized spacial score (nSPS) is 10.5. The third kappa shape index (κ3) is 5.28. The molecular weight excluding hydrogens is 242 g/mol. The average Bonchev–Trinajstić information content (AvgIpc) is 2.45. The standard InChI is InChI=1S/C14H23N3O2/c1-3-8-17(4-2)9-10-19-13-7-5-6-12(11-13)14(18)16-15/h5-7,11H,3-4,8-10,15H2,1-2H3,(H,16,18). The molecule has 3 N–H and O–H groups in total. The van der Waals surface area contributed by atoms with E-state index in [-0.39, 0.29) is 5.91 Å². The van der Waals surface area contributed by atoms with Crippen LogP contribution in [-0.2, 0) is 0 Å². The van der Waals surface area contributed by atoms with Crippen LogP contribution in [0.4, 0.5) is 0 Å². The number of nitrogens with two attached hydrogens (primary N) is 1. The van der Waals surface area contributed by atoms with Crippen LogP contribution in [0, 0.1) is 0 Å². The molecule has 0 spiro atoms. The third-order valence-electron chi connectivity index (χ3n) is 2.89. The lowest BCUT2D eigenvalue weighted by molar-refractivity contribution is 0.0953. The maximum atomic E-state index is 11.4. The van der Waals surface area contributed by atoms with E-state index in [4.69, 9.17) is 10.6 Å². The van der Waals surface area contributed by atoms with Crippen LogP contribution in [0.2, 0.25) is 0 Å². The van der Waals surface area contributed by atoms with Gasteiger partial charge in [0, 0.05) is 12.1 Å². The summed E-state index contributed by atoms with van der Waals surface area (Å²) in [5.74, 6) is 5.47. The maximum absolute atomic E-state index is 11.4. The van der Waals surface area contributed by atoms with Crippen LogP contribution in [-0.4, -0.2) is 37.0 Å². The molecule has 0 atom stereocenters. The van der Waals surface area contributed by atoms with Gasteiger partial charge >= 0.3 is 0 Å². The lowest BCUT2D eigenvalue weighted by Crippen LogP contribution is -2.30. The quantitative estimate of drug-likeness (QED) is 0.423. The SMILES string of the molecule is CCCN(CC)CCOc1cccc(C(=O)NN)c1. The number of nitrogens with one attached hydrogen (secondary N) is 1. The second kappa shape index (κ2) is 8.50. The predicted molar refractivity (Wildman–Crippen MR) is 76.0 cm³/mol. The number of hydrazine groups is 1. The number of benzene rings is 1. The van der Waals surface area contributed by atoms with E-state index in [2.05, 4.69) is 24.2 Å². The molecular formula is C14H23N3O2. The fraction of sp³-hybridized carbons (Fsp3) is 0.500. The summed E-state index contributed by atoms with van der Waals surface area (Å²) in [4.78, 5) is 13.7. The van der Waals surface area contributed by atoms with Crippen molar-refractivity contribution in [2.24, 2.45) is 5.84 Å². The number of nitrogen functional groups attached to an aromatic ring is 1. The van der Waals surface area contributed by atoms with Gasteiger partial charge in [0.25, 0.3) is 5.91 Å². The minimum atomic E-state index is -0.313. The summed E-state index contributed by atoms with van der Waals surface area (Å²) in [7, 11) is 0. The molecule has 0 saturated carbocycles. The highest BCUT2D eigenvalue weighted by Crippen LogP contribution is 2.13. The Labute approximate surface area is 114 Å². The zero-order valence-corrected chi connectivity index (χ0v) is 11.7. The lowest BCUT2D eigenvalue weighted by atomic mass is 10.2. The summed E-state index contributed by atoms with van der Waals surface area (Å²) in [5.41, 5.74) is 2.61. The first-order valence-electron chi connectivity index (χ1n) is 6.67. The van der Waals surface area contributed by atoms with E-state index in [1.54, 1.807) is 18.2 Å². The van der Waals surface area contributed by atoms with Crippen molar-refractivity contribution >= 4 is 5.91 Å². The van der Waals surface area contributed by atoms with Gasteiger partial charge in [0.15, 0.2) is 0 Å². The molecule has 0 unspecified atom stereocenters. The van der Waals surface area contributed by atoms with Crippen LogP contribution in [0.15, 0.2) is 24.3 Å². The number of amides is 1. The van der Waals surface area contributed by atoms with E-state index in [1.807, 2.05) is 6.07 Å². The van der Waals surface area contributed by atoms with Crippen LogP contribution in [0.5, 0.6) is 5.75 Å². The number of carbonyl (C=O) groups excluding carboxylic acids is 1. The number of nitrogens with zero attached hydrogens (tertiary/aromatic N) is 1. The molecule has 0 saturated heterocycles. The van der Waals surface area contributed by atoms with Crippen molar-refractivity contribution in [1.82, 2.24) is 10.3 Å². The minimum Gasteiger partial charge on any atom is -0.492 e. The molecule has 1 rings (SSSR count). The Bertz CT molecular complexity index is 396. The zero-order chi connectivity index (χ0) is 14.1. The molecule has 0 heterocycles. The summed E-state index contributed by atoms with van der Waals surface area (Å²) in [6.45, 7) is 7.90. The van der Waals surface area contributed by atoms with Crippen LogP contribution in [0.1, 0.15) is 30.6 Å². The van der Waals surface area contributed by atoms with Crippen molar-refractivity contribution in [2.45, 2.75) is 20.3 Å². The van der Waals surface area contributed by atoms with E-state index in [1.165, 1.54) is 0 Å². The molecule has 0 fully saturated rings. The Hall–Kier alpha value is -1.59. The summed E-state index contributed by atoms with van der Waals surface area (Å²) in [6.07, 6.45) is 1.14. The molecule has 5 nitrogen and oxygen atoms in total. The second-order valence-electron chi connectivity index (χ2n) is 4.28. The molecule has 0 aromatic heterocycles. The van der Waals surface area contributed by atoms with Crippen molar-refractivity contribution in [3.8, 4) is 5.75 Å². The Morgan fingerprint density at radius 2 is 2.16 bits per heavy atom. The first kappa shape index (κ1) is 15.5. The highest BCUT2D eigenvalue weighted by Gasteiger charge is 2.05. The lowest BCUT2D eigenvalue weighted by Gasteiger charge is -2.19. The van der Waals surface area contributed by atoms with Gasteiger partial charge in [0.2, 0.25) is 0 Å². The maximum Gasteiger partial charge on any atom is 0.265 e. The van der Waals surface area contributed by atoms with Crippen molar-refractivity contribution in [2.75, 3.05) is 26.2 Å². The molecule has 1 aromatic rings. The van der Waals surface area contributed by atoms with Crippen LogP contribution in [0.3, 0.4) is 0 Å². The van der Waals surface area contributed by atoms with Gasteiger partial charge in [-0.3, -0.25) is 10.2 Å². The van der Waals surface area contributed by atoms with Gasteiger partial charge in [0.1, 0.15) is 12.4 Å². The smallest absolute Gasteiger partial charge is 0.265 e. The van der Waals surface area contributed by atoms with Gasteiger partial charge in [-0.2, -0.15) is 0 Å². The third-order valence-corrected chi connectivity index (χ3v) is 2.89. The van der Waals surface area contributed by atoms with Crippen molar-refractivity contribution in [3.63, 3.8) is 0 Å². The van der Waals surface area contributed by atoms with Crippen LogP contribution < -0.4 is 16.0 Å². The summed E-state index contributed by atoms with van der Waals surface area (Å²) >= 11 is 0. The molecule has 106 valence electrons. The van der Waals surface area contributed by atoms with E-state index in [9.17, 15) is 4.79 Å². The Morgan fingerprint density at radius 1 is 1.37 bits per heavy atom. The predicted octanol–water partition coefficient (Wildman–Crippen LogP) is 1.40. The summed E-state index contributed by atoms with van der Waals surface area (Å²) in [6, 6.07) is 7.01. The van der Waals surface area contributed by atoms with Gasteiger partial charge in [-0.15, -0.1) is 0 Å². The zero-order valence-electron chi connectivity index (χ0n) is 11.7. The number of hydrogen-bond donors (Lipinski definition) is 2. The molecule has 0 bridgehead atoms. The molecule has 0 aliphatic carbocycles. The molecule has 1 aromatic carbocycles. The summed E-state index contributed by atoms with van der Waals surface area (Å²) < 4.78 is 5.66. The number of hydrogen-bond acceptors (Lipinski definition) is 4. The van der Waals surface area contributed by atoms with E-state index < -0.39 is 0 Å². The Kier molecular flexibility index (Phi) is 6.92. The fourth-order valence-corrected chi connectivity index (χ4v) is 1.85. The number of rotatable bonds is 8. The number of likely N-dealkylation sites (N-methyl/N-ethyl adjacent to an activating group) is 1. The fourth-order valence-electron chi connectivity index (χ4n) is 1.85. The Balaban J connectivity index is 2.47. The molecule has 0 radical (unpaired) electrons. The second-order valence-corrected chi connectivity index (χ2v) is 4.28. The topological polar surface area (TPSA) is 67.6 Å². The van der Waals surface area contributed by atoms with E-state index >= 15 is 0 Å². The largest absolute Gasteiger partial charge is 0.492 e. The number of carbonyl (C=O) groups is 1. The summed E-state index contributed by atoms with van der Waals surface area (Å²) in [5, 5.41) is 0. The molecule has 0 aliphatic heterocycles. The van der Waals surface area contributed by atoms with Gasteiger partial charge in [0.05, 0.1) is 0 Å². The van der Waals surface area contributed by atoms with E-state index in [0.29, 0.717) is 17.9 Å². The highest BCUT2D eigenvalue weighted by atomic mass is 16.5. The molecule has 5 heteroatoms. The molecule has 0 aliphatic rings. The average molecular weight is 265 g/mol. The van der Waals surface area contributed by atoms with Crippen LogP contribution >= 0.6 is 0 Å². The van der Waals surface area contributed by atoms with Gasteiger partial charge < -0.3 is 9.64 Å². The van der Waals surface area contributed by atoms with Gasteiger partial charge in [-0.25, -0.2) is 5.84 Å². The minimum absolute atomic E-state index is 0.313. The first-order valence-corrected chi connectivity index (χ1v) is 6.67. The molecule has 19 heavy (non-hydrogen) atoms. The van der Waals surface area contributed by atoms with Gasteiger partial charge in [-0.05, 0) is 37.7 Å². The van der Waals surface area contributed by atoms with Gasteiger partial charge in [-0.1, -0.05) is 19.9 Å². The van der Waals surface area contributed by atoms with E-state index in [0.717, 1.165) is 26.1 Å². The highest BCUT2D eigenvalue weighted by molar-refractivity contribution is 5.94. The van der Waals surface area contributed by atoms with Crippen molar-refractivity contribution < 1.29 is 9.53 Å². The van der Waals surface area contributed by atoms with Crippen LogP contribution in [0.25, 0.3) is 0 Å². The first-order chi connectivity index (χ1) is 9.21. The Morgan fingerprint density at radius 3 is 2.79 bits per heavy atom. The monoisotopic (exact) mass is 265 g/mol.